The molecule has 6 atom stereocenters. The van der Waals surface area contributed by atoms with Gasteiger partial charge in [0.05, 0.1) is 13.2 Å². The fourth-order valence-electron chi connectivity index (χ4n) is 5.51. The van der Waals surface area contributed by atoms with E-state index in [-0.39, 0.29) is 24.2 Å². The first-order valence-corrected chi connectivity index (χ1v) is 17.6. The van der Waals surface area contributed by atoms with E-state index in [0.29, 0.717) is 5.65 Å². The van der Waals surface area contributed by atoms with Crippen molar-refractivity contribution in [3.05, 3.63) is 30.1 Å². The number of fused-ring (bicyclic) bond motifs is 1. The lowest BCUT2D eigenvalue weighted by Gasteiger charge is -2.31. The Morgan fingerprint density at radius 2 is 1.02 bits per heavy atom. The highest BCUT2D eigenvalue weighted by molar-refractivity contribution is 5.97. The molecule has 0 saturated carbocycles. The molecule has 0 aromatic carbocycles. The van der Waals surface area contributed by atoms with Crippen LogP contribution in [0, 0.1) is 29.6 Å². The minimum Gasteiger partial charge on any atom is -0.467 e. The maximum Gasteiger partial charge on any atom is 0.328 e. The van der Waals surface area contributed by atoms with Crippen molar-refractivity contribution in [3.8, 4) is 0 Å². The van der Waals surface area contributed by atoms with Crippen molar-refractivity contribution in [3.63, 3.8) is 0 Å². The molecule has 0 aliphatic rings. The molecule has 284 valence electrons. The van der Waals surface area contributed by atoms with Crippen molar-refractivity contribution in [2.75, 3.05) is 7.11 Å². The van der Waals surface area contributed by atoms with Crippen LogP contribution in [-0.2, 0) is 39.9 Å². The van der Waals surface area contributed by atoms with E-state index in [9.17, 15) is 28.8 Å². The summed E-state index contributed by atoms with van der Waals surface area (Å²) < 4.78 is 4.82. The van der Waals surface area contributed by atoms with Crippen molar-refractivity contribution >= 4 is 46.5 Å². The van der Waals surface area contributed by atoms with Crippen molar-refractivity contribution in [1.82, 2.24) is 36.6 Å². The third kappa shape index (κ3) is 11.8. The lowest BCUT2D eigenvalue weighted by Crippen LogP contribution is -2.62. The van der Waals surface area contributed by atoms with Crippen molar-refractivity contribution in [2.45, 2.75) is 112 Å². The summed E-state index contributed by atoms with van der Waals surface area (Å²) in [6.07, 6.45) is 3.62. The van der Waals surface area contributed by atoms with Crippen LogP contribution in [0.4, 0.5) is 0 Å². The van der Waals surface area contributed by atoms with E-state index < -0.39 is 83.6 Å². The number of ether oxygens (including phenoxy) is 1. The Balaban J connectivity index is 2.15. The van der Waals surface area contributed by atoms with Gasteiger partial charge in [0.1, 0.15) is 35.9 Å². The number of pyridine rings is 1. The van der Waals surface area contributed by atoms with Crippen LogP contribution in [0.3, 0.4) is 0 Å². The zero-order valence-corrected chi connectivity index (χ0v) is 31.7. The maximum atomic E-state index is 13.7. The second-order valence-electron chi connectivity index (χ2n) is 14.7. The molecule has 15 heteroatoms. The third-order valence-electron chi connectivity index (χ3n) is 8.72. The number of aromatic nitrogens is 2. The lowest BCUT2D eigenvalue weighted by atomic mass is 9.96. The fraction of sp³-hybridized carbons (Fsp3) is 0.639. The summed E-state index contributed by atoms with van der Waals surface area (Å²) >= 11 is 0. The van der Waals surface area contributed by atoms with Gasteiger partial charge in [-0.2, -0.15) is 0 Å². The van der Waals surface area contributed by atoms with E-state index in [4.69, 9.17) is 10.5 Å². The van der Waals surface area contributed by atoms with Crippen LogP contribution in [0.2, 0.25) is 0 Å². The van der Waals surface area contributed by atoms with Crippen LogP contribution in [-0.4, -0.2) is 88.8 Å². The molecule has 2 heterocycles. The van der Waals surface area contributed by atoms with Gasteiger partial charge in [-0.05, 0) is 53.7 Å². The summed E-state index contributed by atoms with van der Waals surface area (Å²) in [5.41, 5.74) is 7.75. The van der Waals surface area contributed by atoms with E-state index in [1.807, 2.05) is 6.07 Å². The van der Waals surface area contributed by atoms with E-state index in [0.717, 1.165) is 10.9 Å². The molecule has 0 radical (unpaired) electrons. The maximum absolute atomic E-state index is 13.7. The summed E-state index contributed by atoms with van der Waals surface area (Å²) in [5, 5.41) is 14.5. The molecule has 0 aliphatic heterocycles. The molecule has 0 bridgehead atoms. The van der Waals surface area contributed by atoms with E-state index >= 15 is 0 Å². The molecule has 0 fully saturated rings. The third-order valence-corrected chi connectivity index (χ3v) is 8.72. The Labute approximate surface area is 300 Å². The Hall–Kier alpha value is -4.53. The second kappa shape index (κ2) is 19.2. The fourth-order valence-corrected chi connectivity index (χ4v) is 5.51. The zero-order valence-electron chi connectivity index (χ0n) is 31.7. The van der Waals surface area contributed by atoms with Crippen molar-refractivity contribution < 1.29 is 33.5 Å². The van der Waals surface area contributed by atoms with Gasteiger partial charge in [-0.1, -0.05) is 69.2 Å². The highest BCUT2D eigenvalue weighted by Crippen LogP contribution is 2.17. The first-order chi connectivity index (χ1) is 23.8. The van der Waals surface area contributed by atoms with Crippen molar-refractivity contribution in [2.24, 2.45) is 35.3 Å². The number of H-pyrrole nitrogens is 1. The molecule has 5 amide bonds. The molecular weight excluding hydrogens is 656 g/mol. The van der Waals surface area contributed by atoms with Gasteiger partial charge in [-0.15, -0.1) is 0 Å². The van der Waals surface area contributed by atoms with Gasteiger partial charge in [0.2, 0.25) is 29.5 Å². The molecule has 2 aromatic heterocycles. The molecule has 0 spiro atoms. The Bertz CT molecular complexity index is 1520. The van der Waals surface area contributed by atoms with Gasteiger partial charge in [0.15, 0.2) is 0 Å². The Morgan fingerprint density at radius 3 is 1.39 bits per heavy atom. The van der Waals surface area contributed by atoms with Gasteiger partial charge in [-0.25, -0.2) is 9.78 Å². The first-order valence-electron chi connectivity index (χ1n) is 17.6. The Kier molecular flexibility index (Phi) is 16.0. The first kappa shape index (κ1) is 42.6. The van der Waals surface area contributed by atoms with Crippen LogP contribution < -0.4 is 32.3 Å². The van der Waals surface area contributed by atoms with Gasteiger partial charge in [0, 0.05) is 17.8 Å². The normalized spacial score (nSPS) is 15.2. The molecule has 0 unspecified atom stereocenters. The molecule has 51 heavy (non-hydrogen) atoms. The highest BCUT2D eigenvalue weighted by atomic mass is 16.5. The van der Waals surface area contributed by atoms with Gasteiger partial charge in [-0.3, -0.25) is 24.0 Å². The minimum absolute atomic E-state index is 0.211. The average molecular weight is 715 g/mol. The van der Waals surface area contributed by atoms with Crippen LogP contribution in [0.1, 0.15) is 74.8 Å². The molecule has 2 rings (SSSR count). The topological polar surface area (TPSA) is 226 Å². The van der Waals surface area contributed by atoms with Crippen LogP contribution in [0.5, 0.6) is 0 Å². The lowest BCUT2D eigenvalue weighted by molar-refractivity contribution is -0.147. The molecule has 8 N–H and O–H groups in total. The predicted octanol–water partition coefficient (Wildman–Crippen LogP) is 1.31. The number of aromatic amines is 1. The van der Waals surface area contributed by atoms with Gasteiger partial charge >= 0.3 is 5.97 Å². The second-order valence-corrected chi connectivity index (χ2v) is 14.7. The number of amides is 5. The summed E-state index contributed by atoms with van der Waals surface area (Å²) in [4.78, 5) is 86.8. The smallest absolute Gasteiger partial charge is 0.328 e. The molecule has 0 saturated heterocycles. The number of rotatable bonds is 18. The zero-order chi connectivity index (χ0) is 38.7. The van der Waals surface area contributed by atoms with E-state index in [2.05, 4.69) is 36.6 Å². The summed E-state index contributed by atoms with van der Waals surface area (Å²) in [7, 11) is 1.23. The highest BCUT2D eigenvalue weighted by Gasteiger charge is 2.36. The van der Waals surface area contributed by atoms with Crippen LogP contribution in [0.25, 0.3) is 11.0 Å². The molecule has 0 aliphatic carbocycles. The summed E-state index contributed by atoms with van der Waals surface area (Å²) in [6.45, 7) is 17.5. The summed E-state index contributed by atoms with van der Waals surface area (Å²) in [6, 6.07) is -2.35. The SMILES string of the molecule is COC(=O)[C@@H](NC(=O)[C@@H](NC(=O)[C@@H](NC(=O)[C@@H](NC(=O)[C@@H](NC(=O)[C@@H](N)Cc1c[nH]c2ncccc12)C(C)C)C(C)C)C(C)C)C(C)C)C(C)C. The average Bonchev–Trinajstić information content (AvgIpc) is 3.46. The van der Waals surface area contributed by atoms with Crippen LogP contribution in [0.15, 0.2) is 24.5 Å². The molecular formula is C36H58N8O7. The number of hydrogen-bond acceptors (Lipinski definition) is 9. The van der Waals surface area contributed by atoms with Gasteiger partial charge in [0.25, 0.3) is 0 Å². The van der Waals surface area contributed by atoms with Gasteiger partial charge < -0.3 is 42.0 Å². The quantitative estimate of drug-likeness (QED) is 0.110. The number of carbonyl (C=O) groups is 6. The minimum atomic E-state index is -1.07. The van der Waals surface area contributed by atoms with Crippen LogP contribution >= 0.6 is 0 Å². The van der Waals surface area contributed by atoms with E-state index in [1.54, 1.807) is 87.7 Å². The Morgan fingerprint density at radius 1 is 0.647 bits per heavy atom. The number of nitrogens with two attached hydrogens (primary N) is 1. The number of nitrogens with zero attached hydrogens (tertiary/aromatic N) is 1. The van der Waals surface area contributed by atoms with Crippen molar-refractivity contribution in [1.29, 1.82) is 0 Å². The number of nitrogens with one attached hydrogen (secondary N) is 6. The summed E-state index contributed by atoms with van der Waals surface area (Å²) in [5.74, 6) is -5.26. The number of hydrogen-bond donors (Lipinski definition) is 7. The number of methoxy groups -OCH3 is 1. The molecule has 2 aromatic rings. The van der Waals surface area contributed by atoms with E-state index in [1.165, 1.54) is 7.11 Å². The molecule has 15 nitrogen and oxygen atoms in total. The number of esters is 1. The standard InChI is InChI=1S/C36H58N8O7/c1-17(2)25(40-31(45)24(37)15-22-16-39-30-23(22)13-12-14-38-30)32(46)41-26(18(3)4)33(47)42-27(19(5)6)34(48)43-28(20(7)8)35(49)44-29(21(9)10)36(50)51-11/h12-14,16-21,24-29H,15,37H2,1-11H3,(H,38,39)(H,40,45)(H,41,46)(H,42,47)(H,43,48)(H,44,49)/t24-,25-,26-,27-,28-,29-/m0/s1. The monoisotopic (exact) mass is 714 g/mol. The number of carbonyl (C=O) groups excluding carboxylic acids is 6. The predicted molar refractivity (Wildman–Crippen MR) is 194 cm³/mol. The largest absolute Gasteiger partial charge is 0.467 e.